The molecule has 25 heavy (non-hydrogen) atoms. The van der Waals surface area contributed by atoms with Crippen molar-refractivity contribution >= 4 is 17.0 Å². The van der Waals surface area contributed by atoms with E-state index in [4.69, 9.17) is 15.2 Å². The molecule has 4 heterocycles. The minimum atomic E-state index is 0.241. The molecule has 2 N–H and O–H groups in total. The van der Waals surface area contributed by atoms with Gasteiger partial charge in [0.15, 0.2) is 17.0 Å². The number of aryl methyl sites for hydroxylation is 1. The van der Waals surface area contributed by atoms with Crippen molar-refractivity contribution < 1.29 is 9.47 Å². The molecule has 1 aliphatic heterocycles. The van der Waals surface area contributed by atoms with Crippen LogP contribution in [0.1, 0.15) is 17.9 Å². The van der Waals surface area contributed by atoms with Gasteiger partial charge in [-0.2, -0.15) is 9.97 Å². The average Bonchev–Trinajstić information content (AvgIpc) is 2.92. The van der Waals surface area contributed by atoms with Crippen LogP contribution in [0.4, 0.5) is 5.82 Å². The highest BCUT2D eigenvalue weighted by Crippen LogP contribution is 2.24. The van der Waals surface area contributed by atoms with Gasteiger partial charge in [0.2, 0.25) is 0 Å². The summed E-state index contributed by atoms with van der Waals surface area (Å²) >= 11 is 0. The molecule has 3 aromatic rings. The average molecular weight is 338 g/mol. The zero-order valence-corrected chi connectivity index (χ0v) is 13.8. The summed E-state index contributed by atoms with van der Waals surface area (Å²) in [6.07, 6.45) is 6.43. The number of ether oxygens (including phenoxy) is 2. The van der Waals surface area contributed by atoms with Gasteiger partial charge in [-0.15, -0.1) is 0 Å². The van der Waals surface area contributed by atoms with Crippen molar-refractivity contribution in [2.24, 2.45) is 0 Å². The number of anilines is 1. The van der Waals surface area contributed by atoms with Crippen LogP contribution >= 0.6 is 0 Å². The van der Waals surface area contributed by atoms with Crippen LogP contribution in [0, 0.1) is 6.92 Å². The van der Waals surface area contributed by atoms with Gasteiger partial charge < -0.3 is 19.8 Å². The van der Waals surface area contributed by atoms with Gasteiger partial charge in [-0.05, 0) is 25.5 Å². The van der Waals surface area contributed by atoms with Crippen LogP contribution in [0.15, 0.2) is 30.5 Å². The van der Waals surface area contributed by atoms with Gasteiger partial charge >= 0.3 is 6.01 Å². The standard InChI is InChI=1S/C17H18N6O2/c1-11-20-14-15(18)21-17-22-16(14)23(11)10-12-13(6-5-7-19-12)24-8-3-2-4-9-25-17/h2,4-7H,3,8-10H2,1H3,(H2,18,21,22)/b4-2+. The van der Waals surface area contributed by atoms with Crippen molar-refractivity contribution in [3.63, 3.8) is 0 Å². The van der Waals surface area contributed by atoms with Crippen LogP contribution < -0.4 is 15.2 Å². The number of hydrogen-bond acceptors (Lipinski definition) is 7. The lowest BCUT2D eigenvalue weighted by Gasteiger charge is -2.12. The Morgan fingerprint density at radius 2 is 2.08 bits per heavy atom. The Bertz CT molecular complexity index is 950. The van der Waals surface area contributed by atoms with Gasteiger partial charge in [-0.3, -0.25) is 4.98 Å². The van der Waals surface area contributed by atoms with E-state index in [0.29, 0.717) is 36.7 Å². The highest BCUT2D eigenvalue weighted by molar-refractivity contribution is 5.82. The quantitative estimate of drug-likeness (QED) is 0.624. The van der Waals surface area contributed by atoms with Gasteiger partial charge in [0.1, 0.15) is 23.9 Å². The smallest absolute Gasteiger partial charge is 0.320 e. The normalized spacial score (nSPS) is 15.9. The molecule has 8 heteroatoms. The van der Waals surface area contributed by atoms with Crippen LogP contribution in [-0.4, -0.2) is 37.7 Å². The third-order valence-electron chi connectivity index (χ3n) is 3.97. The summed E-state index contributed by atoms with van der Waals surface area (Å²) in [5, 5.41) is 0. The van der Waals surface area contributed by atoms with Crippen LogP contribution in [0.2, 0.25) is 0 Å². The monoisotopic (exact) mass is 338 g/mol. The molecule has 0 spiro atoms. The number of fused-ring (bicyclic) bond motifs is 2. The number of rotatable bonds is 0. The van der Waals surface area contributed by atoms with E-state index in [-0.39, 0.29) is 6.01 Å². The number of aromatic nitrogens is 5. The lowest BCUT2D eigenvalue weighted by atomic mass is 10.3. The number of pyridine rings is 1. The Morgan fingerprint density at radius 1 is 1.16 bits per heavy atom. The van der Waals surface area contributed by atoms with Crippen molar-refractivity contribution in [3.8, 4) is 11.8 Å². The Morgan fingerprint density at radius 3 is 3.00 bits per heavy atom. The molecule has 8 nitrogen and oxygen atoms in total. The molecule has 128 valence electrons. The molecular formula is C17H18N6O2. The first kappa shape index (κ1) is 15.4. The maximum atomic E-state index is 6.04. The molecule has 3 aromatic heterocycles. The van der Waals surface area contributed by atoms with Crippen LogP contribution in [0.25, 0.3) is 11.2 Å². The molecule has 2 bridgehead atoms. The van der Waals surface area contributed by atoms with Crippen LogP contribution in [0.3, 0.4) is 0 Å². The summed E-state index contributed by atoms with van der Waals surface area (Å²) in [7, 11) is 0. The van der Waals surface area contributed by atoms with Gasteiger partial charge in [0.25, 0.3) is 0 Å². The van der Waals surface area contributed by atoms with E-state index < -0.39 is 0 Å². The van der Waals surface area contributed by atoms with E-state index in [1.165, 1.54) is 0 Å². The third-order valence-corrected chi connectivity index (χ3v) is 3.97. The van der Waals surface area contributed by atoms with E-state index in [0.717, 1.165) is 23.7 Å². The number of imidazole rings is 1. The Hall–Kier alpha value is -3.16. The molecule has 0 aromatic carbocycles. The SMILES string of the molecule is Cc1nc2c(N)nc3nc2n1Cc1ncccc1OCC/C=C/CO3. The van der Waals surface area contributed by atoms with Crippen LogP contribution in [0.5, 0.6) is 11.8 Å². The first-order chi connectivity index (χ1) is 12.2. The fourth-order valence-electron chi connectivity index (χ4n) is 2.73. The fraction of sp³-hybridized carbons (Fsp3) is 0.294. The zero-order valence-electron chi connectivity index (χ0n) is 13.8. The molecule has 0 atom stereocenters. The maximum absolute atomic E-state index is 6.04. The first-order valence-electron chi connectivity index (χ1n) is 8.07. The molecular weight excluding hydrogens is 320 g/mol. The van der Waals surface area contributed by atoms with Crippen molar-refractivity contribution in [1.29, 1.82) is 0 Å². The predicted octanol–water partition coefficient (Wildman–Crippen LogP) is 1.88. The topological polar surface area (TPSA) is 101 Å². The molecule has 0 fully saturated rings. The second-order valence-electron chi connectivity index (χ2n) is 5.68. The summed E-state index contributed by atoms with van der Waals surface area (Å²) in [4.78, 5) is 17.6. The number of hydrogen-bond donors (Lipinski definition) is 1. The van der Waals surface area contributed by atoms with E-state index in [1.807, 2.05) is 35.8 Å². The Balaban J connectivity index is 1.87. The van der Waals surface area contributed by atoms with Crippen molar-refractivity contribution in [3.05, 3.63) is 42.0 Å². The minimum Gasteiger partial charge on any atom is -0.491 e. The lowest BCUT2D eigenvalue weighted by molar-refractivity contribution is 0.316. The number of nitrogen functional groups attached to an aromatic ring is 1. The number of nitrogens with two attached hydrogens (primary N) is 1. The molecule has 0 unspecified atom stereocenters. The summed E-state index contributed by atoms with van der Waals surface area (Å²) in [5.74, 6) is 1.83. The van der Waals surface area contributed by atoms with E-state index in [9.17, 15) is 0 Å². The lowest BCUT2D eigenvalue weighted by Crippen LogP contribution is -2.09. The summed E-state index contributed by atoms with van der Waals surface area (Å²) in [5.41, 5.74) is 8.03. The molecule has 0 saturated carbocycles. The van der Waals surface area contributed by atoms with Gasteiger partial charge in [0.05, 0.1) is 13.2 Å². The third kappa shape index (κ3) is 2.98. The van der Waals surface area contributed by atoms with Gasteiger partial charge in [-0.1, -0.05) is 12.2 Å². The predicted molar refractivity (Wildman–Crippen MR) is 92.6 cm³/mol. The molecule has 0 amide bonds. The summed E-state index contributed by atoms with van der Waals surface area (Å²) < 4.78 is 13.4. The highest BCUT2D eigenvalue weighted by atomic mass is 16.5. The molecule has 0 aliphatic carbocycles. The Kier molecular flexibility index (Phi) is 3.93. The fourth-order valence-corrected chi connectivity index (χ4v) is 2.73. The summed E-state index contributed by atoms with van der Waals surface area (Å²) in [6.45, 7) is 3.32. The minimum absolute atomic E-state index is 0.241. The molecule has 0 saturated heterocycles. The van der Waals surface area contributed by atoms with E-state index in [2.05, 4.69) is 19.9 Å². The van der Waals surface area contributed by atoms with Crippen molar-refractivity contribution in [2.75, 3.05) is 18.9 Å². The van der Waals surface area contributed by atoms with E-state index >= 15 is 0 Å². The first-order valence-corrected chi connectivity index (χ1v) is 8.07. The molecule has 4 rings (SSSR count). The van der Waals surface area contributed by atoms with Crippen molar-refractivity contribution in [1.82, 2.24) is 24.5 Å². The molecule has 1 aliphatic rings. The number of nitrogens with zero attached hydrogens (tertiary/aromatic N) is 5. The van der Waals surface area contributed by atoms with E-state index in [1.54, 1.807) is 6.20 Å². The van der Waals surface area contributed by atoms with Gasteiger partial charge in [0, 0.05) is 6.20 Å². The highest BCUT2D eigenvalue weighted by Gasteiger charge is 2.17. The largest absolute Gasteiger partial charge is 0.491 e. The van der Waals surface area contributed by atoms with Crippen molar-refractivity contribution in [2.45, 2.75) is 19.9 Å². The zero-order chi connectivity index (χ0) is 17.2. The van der Waals surface area contributed by atoms with Crippen LogP contribution in [-0.2, 0) is 6.54 Å². The Labute approximate surface area is 144 Å². The molecule has 0 radical (unpaired) electrons. The second kappa shape index (κ2) is 6.39. The summed E-state index contributed by atoms with van der Waals surface area (Å²) in [6, 6.07) is 4.03. The van der Waals surface area contributed by atoms with Gasteiger partial charge in [-0.25, -0.2) is 4.98 Å². The maximum Gasteiger partial charge on any atom is 0.320 e. The second-order valence-corrected chi connectivity index (χ2v) is 5.68.